The highest BCUT2D eigenvalue weighted by atomic mass is 19.1. The molecule has 0 radical (unpaired) electrons. The van der Waals surface area contributed by atoms with Crippen LogP contribution >= 0.6 is 0 Å². The number of para-hydroxylation sites is 1. The van der Waals surface area contributed by atoms with Crippen LogP contribution in [0.1, 0.15) is 26.3 Å². The van der Waals surface area contributed by atoms with E-state index in [-0.39, 0.29) is 31.5 Å². The predicted molar refractivity (Wildman–Crippen MR) is 110 cm³/mol. The Morgan fingerprint density at radius 3 is 2.53 bits per heavy atom. The molecule has 0 aliphatic rings. The molecule has 0 saturated heterocycles. The summed E-state index contributed by atoms with van der Waals surface area (Å²) in [5.41, 5.74) is 6.87. The van der Waals surface area contributed by atoms with Gasteiger partial charge in [-0.25, -0.2) is 4.39 Å². The number of amides is 2. The molecule has 0 atom stereocenters. The summed E-state index contributed by atoms with van der Waals surface area (Å²) < 4.78 is 24.2. The molecule has 0 heterocycles. The van der Waals surface area contributed by atoms with E-state index < -0.39 is 5.91 Å². The molecule has 3 aromatic rings. The van der Waals surface area contributed by atoms with Crippen LogP contribution in [0.25, 0.3) is 0 Å². The van der Waals surface area contributed by atoms with Gasteiger partial charge in [-0.05, 0) is 42.0 Å². The van der Waals surface area contributed by atoms with Crippen molar-refractivity contribution in [1.29, 1.82) is 0 Å². The van der Waals surface area contributed by atoms with Crippen molar-refractivity contribution in [3.8, 4) is 11.5 Å². The minimum Gasteiger partial charge on any atom is -0.492 e. The van der Waals surface area contributed by atoms with Crippen molar-refractivity contribution >= 4 is 11.8 Å². The monoisotopic (exact) mass is 408 g/mol. The number of hydrogen-bond acceptors (Lipinski definition) is 4. The minimum absolute atomic E-state index is 0.175. The van der Waals surface area contributed by atoms with Crippen LogP contribution in [0.5, 0.6) is 11.5 Å². The average Bonchev–Trinajstić information content (AvgIpc) is 2.75. The number of halogens is 1. The third kappa shape index (κ3) is 5.81. The molecular weight excluding hydrogens is 387 g/mol. The molecule has 30 heavy (non-hydrogen) atoms. The van der Waals surface area contributed by atoms with Gasteiger partial charge in [-0.2, -0.15) is 0 Å². The van der Waals surface area contributed by atoms with Crippen molar-refractivity contribution in [2.24, 2.45) is 5.73 Å². The lowest BCUT2D eigenvalue weighted by Crippen LogP contribution is -2.28. The van der Waals surface area contributed by atoms with Crippen molar-refractivity contribution in [2.75, 3.05) is 13.2 Å². The topological polar surface area (TPSA) is 90.7 Å². The number of benzene rings is 3. The zero-order valence-electron chi connectivity index (χ0n) is 16.1. The van der Waals surface area contributed by atoms with Crippen LogP contribution in [0.2, 0.25) is 0 Å². The van der Waals surface area contributed by atoms with E-state index in [1.807, 2.05) is 6.07 Å². The first-order valence-electron chi connectivity index (χ1n) is 9.30. The maximum Gasteiger partial charge on any atom is 0.252 e. The first-order chi connectivity index (χ1) is 14.5. The van der Waals surface area contributed by atoms with Gasteiger partial charge in [0.25, 0.3) is 11.8 Å². The molecule has 154 valence electrons. The summed E-state index contributed by atoms with van der Waals surface area (Å²) in [5, 5.41) is 2.75. The van der Waals surface area contributed by atoms with Gasteiger partial charge in [0.05, 0.1) is 12.1 Å². The zero-order valence-corrected chi connectivity index (χ0v) is 16.1. The van der Waals surface area contributed by atoms with Gasteiger partial charge in [0, 0.05) is 11.6 Å². The van der Waals surface area contributed by atoms with E-state index in [1.165, 1.54) is 12.1 Å². The summed E-state index contributed by atoms with van der Waals surface area (Å²) in [6.45, 7) is 0.651. The first-order valence-corrected chi connectivity index (χ1v) is 9.30. The van der Waals surface area contributed by atoms with Crippen molar-refractivity contribution in [1.82, 2.24) is 5.32 Å². The molecule has 7 heteroatoms. The normalized spacial score (nSPS) is 10.3. The van der Waals surface area contributed by atoms with Gasteiger partial charge in [0.1, 0.15) is 30.5 Å². The smallest absolute Gasteiger partial charge is 0.252 e. The van der Waals surface area contributed by atoms with E-state index in [0.717, 1.165) is 5.56 Å². The van der Waals surface area contributed by atoms with E-state index >= 15 is 0 Å². The van der Waals surface area contributed by atoms with E-state index in [4.69, 9.17) is 15.2 Å². The predicted octanol–water partition coefficient (Wildman–Crippen LogP) is 3.31. The summed E-state index contributed by atoms with van der Waals surface area (Å²) in [6, 6.07) is 19.5. The quantitative estimate of drug-likeness (QED) is 0.532. The molecule has 0 aliphatic carbocycles. The fourth-order valence-corrected chi connectivity index (χ4v) is 2.75. The van der Waals surface area contributed by atoms with Gasteiger partial charge in [-0.1, -0.05) is 30.3 Å². The second-order valence-corrected chi connectivity index (χ2v) is 6.41. The van der Waals surface area contributed by atoms with Gasteiger partial charge >= 0.3 is 0 Å². The Morgan fingerprint density at radius 1 is 0.933 bits per heavy atom. The third-order valence-electron chi connectivity index (χ3n) is 4.19. The van der Waals surface area contributed by atoms with Crippen LogP contribution in [0.15, 0.2) is 72.8 Å². The number of nitrogens with one attached hydrogen (secondary N) is 1. The molecule has 0 aromatic heterocycles. The molecule has 0 fully saturated rings. The number of hydrogen-bond donors (Lipinski definition) is 2. The lowest BCUT2D eigenvalue weighted by atomic mass is 10.1. The molecule has 0 aliphatic heterocycles. The van der Waals surface area contributed by atoms with Crippen LogP contribution < -0.4 is 20.5 Å². The van der Waals surface area contributed by atoms with Gasteiger partial charge in [0.2, 0.25) is 0 Å². The molecule has 0 spiro atoms. The summed E-state index contributed by atoms with van der Waals surface area (Å²) in [7, 11) is 0. The number of carbonyl (C=O) groups is 2. The molecular formula is C23H21FN2O4. The summed E-state index contributed by atoms with van der Waals surface area (Å²) >= 11 is 0. The number of rotatable bonds is 9. The van der Waals surface area contributed by atoms with E-state index in [2.05, 4.69) is 5.32 Å². The molecule has 2 amide bonds. The minimum atomic E-state index is -0.570. The molecule has 0 saturated carbocycles. The zero-order chi connectivity index (χ0) is 21.3. The Kier molecular flexibility index (Phi) is 7.00. The lowest BCUT2D eigenvalue weighted by molar-refractivity contribution is 0.0945. The van der Waals surface area contributed by atoms with E-state index in [1.54, 1.807) is 54.6 Å². The highest BCUT2D eigenvalue weighted by Gasteiger charge is 2.10. The van der Waals surface area contributed by atoms with Crippen molar-refractivity contribution in [3.05, 3.63) is 95.3 Å². The average molecular weight is 408 g/mol. The summed E-state index contributed by atoms with van der Waals surface area (Å²) in [6.07, 6.45) is 0. The highest BCUT2D eigenvalue weighted by molar-refractivity contribution is 5.95. The Labute approximate surface area is 173 Å². The largest absolute Gasteiger partial charge is 0.492 e. The number of ether oxygens (including phenoxy) is 2. The summed E-state index contributed by atoms with van der Waals surface area (Å²) in [5.74, 6) is -0.431. The van der Waals surface area contributed by atoms with Gasteiger partial charge in [0.15, 0.2) is 0 Å². The molecule has 3 aromatic carbocycles. The van der Waals surface area contributed by atoms with E-state index in [9.17, 15) is 14.0 Å². The van der Waals surface area contributed by atoms with Gasteiger partial charge < -0.3 is 20.5 Å². The highest BCUT2D eigenvalue weighted by Crippen LogP contribution is 2.19. The SMILES string of the molecule is NC(=O)c1ccccc1OCc1cccc(C(=O)NCCOc2cccc(F)c2)c1. The molecule has 3 N–H and O–H groups in total. The summed E-state index contributed by atoms with van der Waals surface area (Å²) in [4.78, 5) is 23.8. The van der Waals surface area contributed by atoms with Crippen LogP contribution in [0.3, 0.4) is 0 Å². The van der Waals surface area contributed by atoms with Crippen molar-refractivity contribution in [3.63, 3.8) is 0 Å². The Hall–Kier alpha value is -3.87. The molecule has 3 rings (SSSR count). The van der Waals surface area contributed by atoms with Crippen LogP contribution in [-0.2, 0) is 6.61 Å². The molecule has 0 bridgehead atoms. The Balaban J connectivity index is 1.52. The van der Waals surface area contributed by atoms with Crippen molar-refractivity contribution in [2.45, 2.75) is 6.61 Å². The fourth-order valence-electron chi connectivity index (χ4n) is 2.75. The molecule has 6 nitrogen and oxygen atoms in total. The Morgan fingerprint density at radius 2 is 1.73 bits per heavy atom. The molecule has 0 unspecified atom stereocenters. The second kappa shape index (κ2) is 10.1. The van der Waals surface area contributed by atoms with E-state index in [0.29, 0.717) is 22.6 Å². The lowest BCUT2D eigenvalue weighted by Gasteiger charge is -2.11. The van der Waals surface area contributed by atoms with Crippen LogP contribution in [0.4, 0.5) is 4.39 Å². The van der Waals surface area contributed by atoms with Crippen molar-refractivity contribution < 1.29 is 23.5 Å². The number of carbonyl (C=O) groups excluding carboxylic acids is 2. The number of nitrogens with two attached hydrogens (primary N) is 1. The van der Waals surface area contributed by atoms with Gasteiger partial charge in [-0.3, -0.25) is 9.59 Å². The first kappa shape index (κ1) is 20.9. The van der Waals surface area contributed by atoms with Gasteiger partial charge in [-0.15, -0.1) is 0 Å². The third-order valence-corrected chi connectivity index (χ3v) is 4.19. The van der Waals surface area contributed by atoms with Crippen LogP contribution in [-0.4, -0.2) is 25.0 Å². The fraction of sp³-hybridized carbons (Fsp3) is 0.130. The Bertz CT molecular complexity index is 1040. The standard InChI is InChI=1S/C23H21FN2O4/c24-18-7-4-8-19(14-18)29-12-11-26-23(28)17-6-3-5-16(13-17)15-30-21-10-2-1-9-20(21)22(25)27/h1-10,13-14H,11-12,15H2,(H2,25,27)(H,26,28). The maximum atomic E-state index is 13.1. The van der Waals surface area contributed by atoms with Crippen LogP contribution in [0, 0.1) is 5.82 Å². The second-order valence-electron chi connectivity index (χ2n) is 6.41. The number of primary amides is 1. The maximum absolute atomic E-state index is 13.1.